The van der Waals surface area contributed by atoms with Crippen molar-refractivity contribution in [3.8, 4) is 17.1 Å². The van der Waals surface area contributed by atoms with Crippen LogP contribution >= 0.6 is 0 Å². The van der Waals surface area contributed by atoms with Crippen LogP contribution in [0.1, 0.15) is 23.6 Å². The van der Waals surface area contributed by atoms with Crippen molar-refractivity contribution >= 4 is 16.9 Å². The molecular formula is C20H18N6O. The Morgan fingerprint density at radius 1 is 1.04 bits per heavy atom. The number of pyridine rings is 1. The standard InChI is InChI=1S/C20H18N6O/c21-19-17-18(14-6-8-16(27)22-10-14)25-26(20(17)24-11-23-19)15-7-5-12-3-1-2-4-13(12)9-15/h1-4,6,8,10-11,15H,5,7,9H2,(H,22,27)(H2,21,23,24). The van der Waals surface area contributed by atoms with E-state index in [1.165, 1.54) is 23.5 Å². The van der Waals surface area contributed by atoms with E-state index in [2.05, 4.69) is 39.2 Å². The third-order valence-corrected chi connectivity index (χ3v) is 5.21. The van der Waals surface area contributed by atoms with Crippen LogP contribution in [0.3, 0.4) is 0 Å². The summed E-state index contributed by atoms with van der Waals surface area (Å²) in [6.45, 7) is 0. The Kier molecular flexibility index (Phi) is 3.53. The zero-order chi connectivity index (χ0) is 18.4. The Hall–Kier alpha value is -3.48. The number of rotatable bonds is 2. The van der Waals surface area contributed by atoms with Gasteiger partial charge in [0.05, 0.1) is 11.4 Å². The summed E-state index contributed by atoms with van der Waals surface area (Å²) in [6.07, 6.45) is 5.98. The molecule has 0 spiro atoms. The van der Waals surface area contributed by atoms with Crippen molar-refractivity contribution in [2.24, 2.45) is 0 Å². The van der Waals surface area contributed by atoms with Gasteiger partial charge in [-0.15, -0.1) is 0 Å². The largest absolute Gasteiger partial charge is 0.493 e. The number of aromatic nitrogens is 5. The molecule has 1 aliphatic rings. The highest BCUT2D eigenvalue weighted by atomic mass is 16.3. The van der Waals surface area contributed by atoms with Crippen LogP contribution < -0.4 is 5.73 Å². The maximum absolute atomic E-state index is 9.49. The van der Waals surface area contributed by atoms with Gasteiger partial charge in [0.2, 0.25) is 5.88 Å². The van der Waals surface area contributed by atoms with Crippen molar-refractivity contribution in [2.45, 2.75) is 25.3 Å². The Balaban J connectivity index is 1.66. The Bertz CT molecular complexity index is 1140. The van der Waals surface area contributed by atoms with Gasteiger partial charge < -0.3 is 10.8 Å². The second kappa shape index (κ2) is 6.05. The minimum Gasteiger partial charge on any atom is -0.493 e. The average Bonchev–Trinajstić information content (AvgIpc) is 3.09. The van der Waals surface area contributed by atoms with E-state index in [1.54, 1.807) is 12.3 Å². The van der Waals surface area contributed by atoms with Crippen molar-refractivity contribution < 1.29 is 5.11 Å². The lowest BCUT2D eigenvalue weighted by molar-refractivity contribution is 0.415. The molecule has 3 aromatic heterocycles. The summed E-state index contributed by atoms with van der Waals surface area (Å²) in [7, 11) is 0. The van der Waals surface area contributed by atoms with E-state index in [1.807, 2.05) is 4.68 Å². The third-order valence-electron chi connectivity index (χ3n) is 5.21. The SMILES string of the molecule is Nc1ncnc2c1c(-c1ccc(O)nc1)nn2C1CCc2ccccc2C1. The molecule has 7 heteroatoms. The lowest BCUT2D eigenvalue weighted by Gasteiger charge is -2.25. The van der Waals surface area contributed by atoms with Crippen LogP contribution in [0.2, 0.25) is 0 Å². The molecule has 0 amide bonds. The Morgan fingerprint density at radius 3 is 2.70 bits per heavy atom. The quantitative estimate of drug-likeness (QED) is 0.571. The van der Waals surface area contributed by atoms with Crippen LogP contribution in [-0.4, -0.2) is 29.8 Å². The highest BCUT2D eigenvalue weighted by Crippen LogP contribution is 2.35. The van der Waals surface area contributed by atoms with Crippen molar-refractivity contribution in [3.05, 3.63) is 60.0 Å². The first-order valence-corrected chi connectivity index (χ1v) is 8.91. The van der Waals surface area contributed by atoms with Crippen LogP contribution in [0.4, 0.5) is 5.82 Å². The summed E-state index contributed by atoms with van der Waals surface area (Å²) in [6, 6.07) is 12.1. The van der Waals surface area contributed by atoms with Crippen molar-refractivity contribution in [2.75, 3.05) is 5.73 Å². The molecule has 1 aliphatic carbocycles. The Labute approximate surface area is 155 Å². The monoisotopic (exact) mass is 358 g/mol. The van der Waals surface area contributed by atoms with E-state index in [0.717, 1.165) is 35.9 Å². The number of hydrogen-bond acceptors (Lipinski definition) is 6. The van der Waals surface area contributed by atoms with Crippen molar-refractivity contribution in [3.63, 3.8) is 0 Å². The topological polar surface area (TPSA) is 103 Å². The van der Waals surface area contributed by atoms with Gasteiger partial charge in [0.25, 0.3) is 0 Å². The molecule has 27 heavy (non-hydrogen) atoms. The zero-order valence-corrected chi connectivity index (χ0v) is 14.6. The maximum Gasteiger partial charge on any atom is 0.210 e. The number of aryl methyl sites for hydroxylation is 1. The minimum atomic E-state index is -0.0319. The second-order valence-electron chi connectivity index (χ2n) is 6.82. The molecule has 1 unspecified atom stereocenters. The predicted octanol–water partition coefficient (Wildman–Crippen LogP) is 2.91. The summed E-state index contributed by atoms with van der Waals surface area (Å²) in [5.41, 5.74) is 11.1. The van der Waals surface area contributed by atoms with E-state index in [-0.39, 0.29) is 11.9 Å². The average molecular weight is 358 g/mol. The van der Waals surface area contributed by atoms with E-state index in [9.17, 15) is 5.11 Å². The summed E-state index contributed by atoms with van der Waals surface area (Å²) in [5.74, 6) is 0.362. The predicted molar refractivity (Wildman–Crippen MR) is 102 cm³/mol. The summed E-state index contributed by atoms with van der Waals surface area (Å²) < 4.78 is 1.98. The number of aromatic hydroxyl groups is 1. The van der Waals surface area contributed by atoms with Gasteiger partial charge in [-0.05, 0) is 36.5 Å². The number of nitrogens with two attached hydrogens (primary N) is 1. The number of hydrogen-bond donors (Lipinski definition) is 2. The molecule has 1 aromatic carbocycles. The molecule has 134 valence electrons. The lowest BCUT2D eigenvalue weighted by atomic mass is 9.88. The fraction of sp³-hybridized carbons (Fsp3) is 0.200. The van der Waals surface area contributed by atoms with Gasteiger partial charge in [0.1, 0.15) is 17.8 Å². The van der Waals surface area contributed by atoms with Crippen molar-refractivity contribution in [1.82, 2.24) is 24.7 Å². The van der Waals surface area contributed by atoms with Gasteiger partial charge in [-0.2, -0.15) is 5.10 Å². The molecular weight excluding hydrogens is 340 g/mol. The highest BCUT2D eigenvalue weighted by Gasteiger charge is 2.25. The van der Waals surface area contributed by atoms with Crippen LogP contribution in [-0.2, 0) is 12.8 Å². The highest BCUT2D eigenvalue weighted by molar-refractivity contribution is 5.98. The van der Waals surface area contributed by atoms with Crippen LogP contribution in [0.15, 0.2) is 48.9 Å². The van der Waals surface area contributed by atoms with Crippen LogP contribution in [0, 0.1) is 0 Å². The first kappa shape index (κ1) is 15.7. The molecule has 3 heterocycles. The molecule has 0 bridgehead atoms. The maximum atomic E-state index is 9.49. The van der Waals surface area contributed by atoms with Crippen LogP contribution in [0.5, 0.6) is 5.88 Å². The van der Waals surface area contributed by atoms with E-state index < -0.39 is 0 Å². The van der Waals surface area contributed by atoms with Crippen LogP contribution in [0.25, 0.3) is 22.3 Å². The Morgan fingerprint density at radius 2 is 1.89 bits per heavy atom. The van der Waals surface area contributed by atoms with Gasteiger partial charge >= 0.3 is 0 Å². The third kappa shape index (κ3) is 2.59. The lowest BCUT2D eigenvalue weighted by Crippen LogP contribution is -2.20. The first-order valence-electron chi connectivity index (χ1n) is 8.91. The molecule has 0 saturated heterocycles. The van der Waals surface area contributed by atoms with E-state index in [4.69, 9.17) is 10.8 Å². The molecule has 0 radical (unpaired) electrons. The van der Waals surface area contributed by atoms with E-state index >= 15 is 0 Å². The van der Waals surface area contributed by atoms with Gasteiger partial charge in [-0.3, -0.25) is 0 Å². The first-order chi connectivity index (χ1) is 13.2. The number of fused-ring (bicyclic) bond motifs is 2. The second-order valence-corrected chi connectivity index (χ2v) is 6.82. The fourth-order valence-corrected chi connectivity index (χ4v) is 3.87. The molecule has 0 fully saturated rings. The number of benzene rings is 1. The van der Waals surface area contributed by atoms with E-state index in [0.29, 0.717) is 11.5 Å². The summed E-state index contributed by atoms with van der Waals surface area (Å²) in [4.78, 5) is 12.6. The van der Waals surface area contributed by atoms with Gasteiger partial charge in [-0.25, -0.2) is 19.6 Å². The molecule has 0 aliphatic heterocycles. The zero-order valence-electron chi connectivity index (χ0n) is 14.6. The molecule has 4 aromatic rings. The number of nitrogens with zero attached hydrogens (tertiary/aromatic N) is 5. The van der Waals surface area contributed by atoms with Gasteiger partial charge in [-0.1, -0.05) is 24.3 Å². The number of nitrogen functional groups attached to an aromatic ring is 1. The molecule has 3 N–H and O–H groups in total. The number of anilines is 1. The molecule has 0 saturated carbocycles. The molecule has 1 atom stereocenters. The minimum absolute atomic E-state index is 0.0319. The van der Waals surface area contributed by atoms with Crippen molar-refractivity contribution in [1.29, 1.82) is 0 Å². The summed E-state index contributed by atoms with van der Waals surface area (Å²) in [5, 5.41) is 15.1. The molecule has 5 rings (SSSR count). The smallest absolute Gasteiger partial charge is 0.210 e. The normalized spacial score (nSPS) is 16.4. The molecule has 7 nitrogen and oxygen atoms in total. The summed E-state index contributed by atoms with van der Waals surface area (Å²) >= 11 is 0. The van der Waals surface area contributed by atoms with Gasteiger partial charge in [0, 0.05) is 17.8 Å². The van der Waals surface area contributed by atoms with Gasteiger partial charge in [0.15, 0.2) is 5.65 Å². The fourth-order valence-electron chi connectivity index (χ4n) is 3.87.